The number of hydrogen-bond acceptors (Lipinski definition) is 4. The first-order valence-corrected chi connectivity index (χ1v) is 10.6. The third-order valence-corrected chi connectivity index (χ3v) is 6.62. The zero-order chi connectivity index (χ0) is 21.8. The Bertz CT molecular complexity index is 1160. The van der Waals surface area contributed by atoms with E-state index in [4.69, 9.17) is 0 Å². The second-order valence-electron chi connectivity index (χ2n) is 8.14. The van der Waals surface area contributed by atoms with Gasteiger partial charge < -0.3 is 15.5 Å². The summed E-state index contributed by atoms with van der Waals surface area (Å²) in [5.41, 5.74) is -0.185. The summed E-state index contributed by atoms with van der Waals surface area (Å²) in [6, 6.07) is 3.91. The van der Waals surface area contributed by atoms with Crippen molar-refractivity contribution >= 4 is 33.9 Å². The Hall–Kier alpha value is -3.08. The van der Waals surface area contributed by atoms with Crippen LogP contribution in [0.1, 0.15) is 28.9 Å². The predicted molar refractivity (Wildman–Crippen MR) is 108 cm³/mol. The van der Waals surface area contributed by atoms with Gasteiger partial charge >= 0.3 is 12.2 Å². The fourth-order valence-corrected chi connectivity index (χ4v) is 5.12. The number of urea groups is 1. The van der Waals surface area contributed by atoms with Crippen LogP contribution in [0.4, 0.5) is 23.7 Å². The van der Waals surface area contributed by atoms with Gasteiger partial charge in [-0.05, 0) is 31.0 Å². The molecule has 5 rings (SSSR count). The quantitative estimate of drug-likeness (QED) is 0.638. The van der Waals surface area contributed by atoms with Gasteiger partial charge in [0.15, 0.2) is 4.96 Å². The molecular weight excluding hydrogens is 431 g/mol. The third kappa shape index (κ3) is 3.62. The van der Waals surface area contributed by atoms with Gasteiger partial charge in [0, 0.05) is 41.8 Å². The number of nitrogens with zero attached hydrogens (tertiary/aromatic N) is 3. The van der Waals surface area contributed by atoms with Crippen LogP contribution in [-0.4, -0.2) is 45.4 Å². The maximum atomic E-state index is 12.8. The van der Waals surface area contributed by atoms with Crippen LogP contribution >= 0.6 is 11.3 Å². The van der Waals surface area contributed by atoms with Crippen LogP contribution in [0.25, 0.3) is 4.96 Å². The number of fused-ring (bicyclic) bond motifs is 1. The Kier molecular flexibility index (Phi) is 4.47. The Morgan fingerprint density at radius 1 is 1.23 bits per heavy atom. The maximum Gasteiger partial charge on any atom is 0.416 e. The number of halogens is 3. The first-order chi connectivity index (χ1) is 14.7. The molecule has 1 saturated carbocycles. The van der Waals surface area contributed by atoms with E-state index in [1.165, 1.54) is 23.5 Å². The van der Waals surface area contributed by atoms with Gasteiger partial charge in [-0.3, -0.25) is 9.20 Å². The van der Waals surface area contributed by atoms with Crippen molar-refractivity contribution < 1.29 is 22.8 Å². The number of nitrogens with one attached hydrogen (secondary N) is 2. The first-order valence-electron chi connectivity index (χ1n) is 9.67. The molecule has 0 radical (unpaired) electrons. The number of alkyl halides is 3. The number of imidazole rings is 1. The summed E-state index contributed by atoms with van der Waals surface area (Å²) in [5, 5.41) is 7.12. The molecule has 1 saturated heterocycles. The molecule has 0 bridgehead atoms. The Morgan fingerprint density at radius 2 is 2.00 bits per heavy atom. The van der Waals surface area contributed by atoms with Gasteiger partial charge in [-0.15, -0.1) is 11.3 Å². The van der Waals surface area contributed by atoms with Gasteiger partial charge in [0.1, 0.15) is 5.69 Å². The molecule has 2 N–H and O–H groups in total. The van der Waals surface area contributed by atoms with E-state index < -0.39 is 17.8 Å². The van der Waals surface area contributed by atoms with E-state index in [1.807, 2.05) is 11.6 Å². The van der Waals surface area contributed by atoms with E-state index in [0.29, 0.717) is 18.8 Å². The normalized spacial score (nSPS) is 18.0. The van der Waals surface area contributed by atoms with E-state index in [2.05, 4.69) is 15.6 Å². The largest absolute Gasteiger partial charge is 0.416 e. The minimum absolute atomic E-state index is 0.00224. The Morgan fingerprint density at radius 3 is 2.74 bits per heavy atom. The van der Waals surface area contributed by atoms with E-state index in [1.54, 1.807) is 15.5 Å². The van der Waals surface area contributed by atoms with Crippen LogP contribution in [-0.2, 0) is 6.18 Å². The van der Waals surface area contributed by atoms with Crippen LogP contribution in [0, 0.1) is 5.41 Å². The van der Waals surface area contributed by atoms with E-state index in [-0.39, 0.29) is 23.1 Å². The van der Waals surface area contributed by atoms with Gasteiger partial charge in [0.25, 0.3) is 5.91 Å². The second kappa shape index (κ2) is 6.98. The summed E-state index contributed by atoms with van der Waals surface area (Å²) in [7, 11) is 0. The SMILES string of the molecule is O=C(Nc1cccc(C(F)(F)F)c1)NC1CC2(C1)CN(C(=O)c1cnc3sccn13)C2. The number of carbonyl (C=O) groups excluding carboxylic acids is 2. The summed E-state index contributed by atoms with van der Waals surface area (Å²) in [6.07, 6.45) is 0.402. The number of hydrogen-bond donors (Lipinski definition) is 2. The highest BCUT2D eigenvalue weighted by Gasteiger charge is 2.54. The lowest BCUT2D eigenvalue weighted by molar-refractivity contribution is -0.137. The standard InChI is InChI=1S/C20H18F3N5O2S/c21-20(22,23)12-2-1-3-13(6-12)25-17(30)26-14-7-19(8-14)10-27(11-19)16(29)15-9-24-18-28(15)4-5-31-18/h1-6,9,14H,7-8,10-11H2,(H2,25,26,30). The molecule has 3 aromatic rings. The van der Waals surface area contributed by atoms with E-state index in [9.17, 15) is 22.8 Å². The van der Waals surface area contributed by atoms with Gasteiger partial charge in [-0.25, -0.2) is 9.78 Å². The van der Waals surface area contributed by atoms with Gasteiger partial charge in [-0.1, -0.05) is 6.07 Å². The van der Waals surface area contributed by atoms with Crippen molar-refractivity contribution in [3.8, 4) is 0 Å². The first kappa shape index (κ1) is 19.9. The number of rotatable bonds is 3. The van der Waals surface area contributed by atoms with Crippen LogP contribution in [0.5, 0.6) is 0 Å². The molecular formula is C20H18F3N5O2S. The smallest absolute Gasteiger partial charge is 0.336 e. The summed E-state index contributed by atoms with van der Waals surface area (Å²) < 4.78 is 40.1. The summed E-state index contributed by atoms with van der Waals surface area (Å²) in [5.74, 6) is -0.0600. The molecule has 2 aromatic heterocycles. The molecule has 1 aromatic carbocycles. The lowest BCUT2D eigenvalue weighted by Crippen LogP contribution is -2.67. The van der Waals surface area contributed by atoms with Crippen molar-refractivity contribution in [1.29, 1.82) is 0 Å². The van der Waals surface area contributed by atoms with Gasteiger partial charge in [0.2, 0.25) is 0 Å². The molecule has 11 heteroatoms. The molecule has 31 heavy (non-hydrogen) atoms. The number of anilines is 1. The van der Waals surface area contributed by atoms with Crippen LogP contribution in [0.3, 0.4) is 0 Å². The molecule has 3 heterocycles. The zero-order valence-corrected chi connectivity index (χ0v) is 17.0. The second-order valence-corrected chi connectivity index (χ2v) is 9.02. The minimum Gasteiger partial charge on any atom is -0.336 e. The lowest BCUT2D eigenvalue weighted by Gasteiger charge is -2.58. The fraction of sp³-hybridized carbons (Fsp3) is 0.350. The molecule has 0 unspecified atom stereocenters. The lowest BCUT2D eigenvalue weighted by atomic mass is 9.60. The highest BCUT2D eigenvalue weighted by molar-refractivity contribution is 7.15. The molecule has 3 amide bonds. The summed E-state index contributed by atoms with van der Waals surface area (Å²) in [6.45, 7) is 1.24. The highest BCUT2D eigenvalue weighted by atomic mass is 32.1. The third-order valence-electron chi connectivity index (χ3n) is 5.85. The summed E-state index contributed by atoms with van der Waals surface area (Å²) in [4.78, 5) is 31.6. The average molecular weight is 449 g/mol. The van der Waals surface area contributed by atoms with Crippen molar-refractivity contribution in [2.24, 2.45) is 5.41 Å². The number of carbonyl (C=O) groups is 2. The van der Waals surface area contributed by atoms with Crippen LogP contribution in [0.15, 0.2) is 42.0 Å². The number of aromatic nitrogens is 2. The number of thiazole rings is 1. The molecule has 162 valence electrons. The van der Waals surface area contributed by atoms with Crippen molar-refractivity contribution in [3.63, 3.8) is 0 Å². The highest BCUT2D eigenvalue weighted by Crippen LogP contribution is 2.48. The van der Waals surface area contributed by atoms with Gasteiger partial charge in [-0.2, -0.15) is 13.2 Å². The van der Waals surface area contributed by atoms with Crippen molar-refractivity contribution in [2.75, 3.05) is 18.4 Å². The number of amides is 3. The zero-order valence-electron chi connectivity index (χ0n) is 16.1. The number of benzene rings is 1. The number of likely N-dealkylation sites (tertiary alicyclic amines) is 1. The topological polar surface area (TPSA) is 78.7 Å². The van der Waals surface area contributed by atoms with Gasteiger partial charge in [0.05, 0.1) is 11.8 Å². The summed E-state index contributed by atoms with van der Waals surface area (Å²) >= 11 is 1.47. The molecule has 1 spiro atoms. The average Bonchev–Trinajstić information content (AvgIpc) is 3.25. The molecule has 1 aliphatic heterocycles. The predicted octanol–water partition coefficient (Wildman–Crippen LogP) is 3.84. The minimum atomic E-state index is -4.46. The van der Waals surface area contributed by atoms with Crippen LogP contribution in [0.2, 0.25) is 0 Å². The fourth-order valence-electron chi connectivity index (χ4n) is 4.43. The monoisotopic (exact) mass is 449 g/mol. The molecule has 2 fully saturated rings. The maximum absolute atomic E-state index is 12.8. The van der Waals surface area contributed by atoms with E-state index >= 15 is 0 Å². The van der Waals surface area contributed by atoms with Crippen LogP contribution < -0.4 is 10.6 Å². The van der Waals surface area contributed by atoms with Crippen molar-refractivity contribution in [2.45, 2.75) is 25.1 Å². The van der Waals surface area contributed by atoms with Crippen molar-refractivity contribution in [1.82, 2.24) is 19.6 Å². The van der Waals surface area contributed by atoms with E-state index in [0.717, 1.165) is 29.9 Å². The Balaban J connectivity index is 1.11. The molecule has 1 aliphatic carbocycles. The molecule has 2 aliphatic rings. The molecule has 0 atom stereocenters. The van der Waals surface area contributed by atoms with Crippen molar-refractivity contribution in [3.05, 3.63) is 53.3 Å². The molecule has 7 nitrogen and oxygen atoms in total. The Labute approximate surface area is 178 Å².